The van der Waals surface area contributed by atoms with Crippen LogP contribution >= 0.6 is 0 Å². The fraction of sp³-hybridized carbons (Fsp3) is 0.0714. The topological polar surface area (TPSA) is 70.7 Å². The average molecular weight is 252 g/mol. The number of amides is 1. The fourth-order valence-electron chi connectivity index (χ4n) is 1.88. The van der Waals surface area contributed by atoms with Crippen molar-refractivity contribution in [2.75, 3.05) is 0 Å². The molecule has 94 valence electrons. The molecule has 0 fully saturated rings. The Labute approximate surface area is 109 Å². The van der Waals surface area contributed by atoms with Gasteiger partial charge in [0.2, 0.25) is 0 Å². The maximum absolute atomic E-state index is 11.9. The Kier molecular flexibility index (Phi) is 2.94. The van der Waals surface area contributed by atoms with Gasteiger partial charge in [-0.1, -0.05) is 12.1 Å². The minimum Gasteiger partial charge on any atom is -0.348 e. The summed E-state index contributed by atoms with van der Waals surface area (Å²) in [6, 6.07) is 9.41. The van der Waals surface area contributed by atoms with E-state index in [0.29, 0.717) is 12.1 Å². The van der Waals surface area contributed by atoms with Crippen LogP contribution in [0.15, 0.2) is 48.9 Å². The first kappa shape index (κ1) is 11.4. The van der Waals surface area contributed by atoms with Crippen LogP contribution in [-0.4, -0.2) is 21.1 Å². The number of pyridine rings is 1. The molecule has 0 saturated carbocycles. The Bertz CT molecular complexity index is 706. The largest absolute Gasteiger partial charge is 0.348 e. The van der Waals surface area contributed by atoms with Crippen LogP contribution in [0.4, 0.5) is 0 Å². The Balaban J connectivity index is 1.70. The number of hydrogen-bond donors (Lipinski definition) is 2. The van der Waals surface area contributed by atoms with Crippen molar-refractivity contribution in [3.63, 3.8) is 0 Å². The van der Waals surface area contributed by atoms with Crippen LogP contribution in [0.25, 0.3) is 10.9 Å². The Morgan fingerprint density at radius 3 is 3.05 bits per heavy atom. The van der Waals surface area contributed by atoms with Crippen LogP contribution in [0.5, 0.6) is 0 Å². The summed E-state index contributed by atoms with van der Waals surface area (Å²) >= 11 is 0. The number of aromatic amines is 1. The molecular formula is C14H12N4O. The van der Waals surface area contributed by atoms with Gasteiger partial charge in [0.25, 0.3) is 5.91 Å². The lowest BCUT2D eigenvalue weighted by molar-refractivity contribution is 0.0950. The van der Waals surface area contributed by atoms with Gasteiger partial charge in [-0.25, -0.2) is 0 Å². The van der Waals surface area contributed by atoms with Crippen molar-refractivity contribution in [3.8, 4) is 0 Å². The number of hydrogen-bond acceptors (Lipinski definition) is 3. The molecule has 0 aliphatic carbocycles. The van der Waals surface area contributed by atoms with Crippen molar-refractivity contribution in [2.24, 2.45) is 0 Å². The third kappa shape index (κ3) is 2.44. The van der Waals surface area contributed by atoms with Crippen molar-refractivity contribution in [1.82, 2.24) is 20.5 Å². The highest BCUT2D eigenvalue weighted by molar-refractivity contribution is 5.93. The molecule has 2 aromatic heterocycles. The Hall–Kier alpha value is -2.69. The SMILES string of the molecule is O=C(NCc1ccc2cn[nH]c2c1)c1cccnc1. The zero-order valence-corrected chi connectivity index (χ0v) is 10.1. The smallest absolute Gasteiger partial charge is 0.253 e. The highest BCUT2D eigenvalue weighted by Gasteiger charge is 2.05. The van der Waals surface area contributed by atoms with Gasteiger partial charge in [-0.3, -0.25) is 14.9 Å². The second-order valence-electron chi connectivity index (χ2n) is 4.22. The third-order valence-corrected chi connectivity index (χ3v) is 2.88. The summed E-state index contributed by atoms with van der Waals surface area (Å²) in [4.78, 5) is 15.8. The molecule has 0 radical (unpaired) electrons. The van der Waals surface area contributed by atoms with Gasteiger partial charge in [-0.15, -0.1) is 0 Å². The first-order valence-corrected chi connectivity index (χ1v) is 5.93. The molecule has 19 heavy (non-hydrogen) atoms. The maximum Gasteiger partial charge on any atom is 0.253 e. The molecule has 5 heteroatoms. The van der Waals surface area contributed by atoms with Gasteiger partial charge in [0.1, 0.15) is 0 Å². The van der Waals surface area contributed by atoms with Crippen LogP contribution in [0.2, 0.25) is 0 Å². The minimum atomic E-state index is -0.127. The van der Waals surface area contributed by atoms with Gasteiger partial charge < -0.3 is 5.32 Å². The minimum absolute atomic E-state index is 0.127. The molecule has 5 nitrogen and oxygen atoms in total. The lowest BCUT2D eigenvalue weighted by Gasteiger charge is -2.05. The Morgan fingerprint density at radius 2 is 2.21 bits per heavy atom. The summed E-state index contributed by atoms with van der Waals surface area (Å²) < 4.78 is 0. The van der Waals surface area contributed by atoms with Gasteiger partial charge >= 0.3 is 0 Å². The number of nitrogens with one attached hydrogen (secondary N) is 2. The van der Waals surface area contributed by atoms with E-state index in [2.05, 4.69) is 20.5 Å². The molecule has 3 aromatic rings. The molecule has 0 bridgehead atoms. The standard InChI is InChI=1S/C14H12N4O/c19-14(12-2-1-5-15-8-12)16-7-10-3-4-11-9-17-18-13(11)6-10/h1-6,8-9H,7H2,(H,16,19)(H,17,18). The molecule has 1 amide bonds. The fourth-order valence-corrected chi connectivity index (χ4v) is 1.88. The van der Waals surface area contributed by atoms with Gasteiger partial charge in [-0.2, -0.15) is 5.10 Å². The molecule has 0 aliphatic heterocycles. The predicted molar refractivity (Wildman–Crippen MR) is 71.5 cm³/mol. The summed E-state index contributed by atoms with van der Waals surface area (Å²) in [6.45, 7) is 0.475. The molecule has 0 saturated heterocycles. The quantitative estimate of drug-likeness (QED) is 0.747. The highest BCUT2D eigenvalue weighted by atomic mass is 16.1. The van der Waals surface area contributed by atoms with Crippen molar-refractivity contribution in [2.45, 2.75) is 6.54 Å². The Morgan fingerprint density at radius 1 is 1.26 bits per heavy atom. The molecule has 0 spiro atoms. The maximum atomic E-state index is 11.9. The summed E-state index contributed by atoms with van der Waals surface area (Å²) in [6.07, 6.45) is 4.96. The zero-order chi connectivity index (χ0) is 13.1. The normalized spacial score (nSPS) is 10.5. The van der Waals surface area contributed by atoms with Gasteiger partial charge in [0, 0.05) is 24.3 Å². The molecule has 0 atom stereocenters. The van der Waals surface area contributed by atoms with Crippen LogP contribution in [0, 0.1) is 0 Å². The second kappa shape index (κ2) is 4.89. The van der Waals surface area contributed by atoms with Crippen molar-refractivity contribution in [1.29, 1.82) is 0 Å². The van der Waals surface area contributed by atoms with E-state index >= 15 is 0 Å². The molecule has 2 heterocycles. The molecule has 2 N–H and O–H groups in total. The highest BCUT2D eigenvalue weighted by Crippen LogP contribution is 2.12. The van der Waals surface area contributed by atoms with E-state index in [4.69, 9.17) is 0 Å². The summed E-state index contributed by atoms with van der Waals surface area (Å²) in [5.74, 6) is -0.127. The number of nitrogens with zero attached hydrogens (tertiary/aromatic N) is 2. The van der Waals surface area contributed by atoms with E-state index in [1.54, 1.807) is 30.7 Å². The number of H-pyrrole nitrogens is 1. The summed E-state index contributed by atoms with van der Waals surface area (Å²) in [7, 11) is 0. The average Bonchev–Trinajstić information content (AvgIpc) is 2.93. The van der Waals surface area contributed by atoms with E-state index in [9.17, 15) is 4.79 Å². The molecular weight excluding hydrogens is 240 g/mol. The molecule has 1 aromatic carbocycles. The van der Waals surface area contributed by atoms with Gasteiger partial charge in [0.05, 0.1) is 17.3 Å². The predicted octanol–water partition coefficient (Wildman–Crippen LogP) is 1.89. The zero-order valence-electron chi connectivity index (χ0n) is 10.1. The number of fused-ring (bicyclic) bond motifs is 1. The van der Waals surface area contributed by atoms with Crippen molar-refractivity contribution in [3.05, 3.63) is 60.0 Å². The van der Waals surface area contributed by atoms with Crippen molar-refractivity contribution < 1.29 is 4.79 Å². The lowest BCUT2D eigenvalue weighted by Crippen LogP contribution is -2.22. The monoisotopic (exact) mass is 252 g/mol. The molecule has 0 aliphatic rings. The molecule has 0 unspecified atom stereocenters. The summed E-state index contributed by atoms with van der Waals surface area (Å²) in [5, 5.41) is 10.8. The number of rotatable bonds is 3. The van der Waals surface area contributed by atoms with E-state index in [1.165, 1.54) is 0 Å². The second-order valence-corrected chi connectivity index (χ2v) is 4.22. The van der Waals surface area contributed by atoms with Crippen LogP contribution in [-0.2, 0) is 6.54 Å². The summed E-state index contributed by atoms with van der Waals surface area (Å²) in [5.41, 5.74) is 2.55. The first-order chi connectivity index (χ1) is 9.33. The first-order valence-electron chi connectivity index (χ1n) is 5.93. The van der Waals surface area contributed by atoms with Crippen LogP contribution in [0.3, 0.4) is 0 Å². The van der Waals surface area contributed by atoms with Gasteiger partial charge in [0.15, 0.2) is 0 Å². The number of carbonyl (C=O) groups is 1. The third-order valence-electron chi connectivity index (χ3n) is 2.88. The lowest BCUT2D eigenvalue weighted by atomic mass is 10.1. The van der Waals surface area contributed by atoms with Crippen LogP contribution in [0.1, 0.15) is 15.9 Å². The van der Waals surface area contributed by atoms with Crippen LogP contribution < -0.4 is 5.32 Å². The van der Waals surface area contributed by atoms with E-state index in [0.717, 1.165) is 16.5 Å². The van der Waals surface area contributed by atoms with Gasteiger partial charge in [-0.05, 0) is 23.8 Å². The van der Waals surface area contributed by atoms with Crippen molar-refractivity contribution >= 4 is 16.8 Å². The number of benzene rings is 1. The van der Waals surface area contributed by atoms with E-state index in [-0.39, 0.29) is 5.91 Å². The number of carbonyl (C=O) groups excluding carboxylic acids is 1. The van der Waals surface area contributed by atoms with E-state index in [1.807, 2.05) is 18.2 Å². The number of aromatic nitrogens is 3. The van der Waals surface area contributed by atoms with E-state index < -0.39 is 0 Å². The molecule has 3 rings (SSSR count).